The molecule has 6 heteroatoms. The fourth-order valence-corrected chi connectivity index (χ4v) is 4.01. The van der Waals surface area contributed by atoms with Gasteiger partial charge in [0.2, 0.25) is 5.91 Å². The minimum absolute atomic E-state index is 0.0147. The molecule has 0 atom stereocenters. The first-order chi connectivity index (χ1) is 14.4. The maximum atomic E-state index is 13.2. The maximum Gasteiger partial charge on any atom is 0.270 e. The number of carbonyl (C=O) groups excluding carboxylic acids is 2. The smallest absolute Gasteiger partial charge is 0.270 e. The van der Waals surface area contributed by atoms with Gasteiger partial charge in [-0.1, -0.05) is 58.4 Å². The van der Waals surface area contributed by atoms with Crippen molar-refractivity contribution in [3.8, 4) is 0 Å². The van der Waals surface area contributed by atoms with Crippen LogP contribution in [0.3, 0.4) is 0 Å². The predicted octanol–water partition coefficient (Wildman–Crippen LogP) is 3.83. The van der Waals surface area contributed by atoms with Gasteiger partial charge in [0, 0.05) is 23.5 Å². The van der Waals surface area contributed by atoms with Crippen LogP contribution in [0.2, 0.25) is 0 Å². The zero-order chi connectivity index (χ0) is 21.1. The summed E-state index contributed by atoms with van der Waals surface area (Å²) >= 11 is 3.42. The molecule has 1 heterocycles. The standard InChI is InChI=1S/C24H25BrN2O3/c25-20-10-8-19(9-11-20)24(30)12-14-27(15-13-24)23(29)21(26-22(28)18-6-7-18)16-17-4-2-1-3-5-17/h1-5,8-11,16,18,30H,6-7,12-15H2,(H,26,28). The summed E-state index contributed by atoms with van der Waals surface area (Å²) in [7, 11) is 0. The monoisotopic (exact) mass is 468 g/mol. The highest BCUT2D eigenvalue weighted by molar-refractivity contribution is 9.10. The van der Waals surface area contributed by atoms with Crippen molar-refractivity contribution in [3.05, 3.63) is 75.9 Å². The zero-order valence-electron chi connectivity index (χ0n) is 16.7. The first-order valence-electron chi connectivity index (χ1n) is 10.3. The van der Waals surface area contributed by atoms with Gasteiger partial charge in [-0.3, -0.25) is 9.59 Å². The first-order valence-corrected chi connectivity index (χ1v) is 11.1. The van der Waals surface area contributed by atoms with E-state index in [9.17, 15) is 14.7 Å². The molecular formula is C24H25BrN2O3. The van der Waals surface area contributed by atoms with Crippen LogP contribution in [0.4, 0.5) is 0 Å². The summed E-state index contributed by atoms with van der Waals surface area (Å²) in [5.41, 5.74) is 1.07. The van der Waals surface area contributed by atoms with E-state index in [1.54, 1.807) is 11.0 Å². The van der Waals surface area contributed by atoms with Gasteiger partial charge in [0.15, 0.2) is 0 Å². The third-order valence-corrected chi connectivity index (χ3v) is 6.34. The molecule has 5 nitrogen and oxygen atoms in total. The summed E-state index contributed by atoms with van der Waals surface area (Å²) < 4.78 is 0.963. The van der Waals surface area contributed by atoms with Crippen molar-refractivity contribution >= 4 is 33.8 Å². The number of nitrogens with zero attached hydrogens (tertiary/aromatic N) is 1. The lowest BCUT2D eigenvalue weighted by molar-refractivity contribution is -0.133. The predicted molar refractivity (Wildman–Crippen MR) is 119 cm³/mol. The number of carbonyl (C=O) groups is 2. The van der Waals surface area contributed by atoms with Crippen LogP contribution in [-0.2, 0) is 15.2 Å². The number of rotatable bonds is 5. The van der Waals surface area contributed by atoms with Crippen LogP contribution < -0.4 is 5.32 Å². The van der Waals surface area contributed by atoms with Crippen LogP contribution in [0.5, 0.6) is 0 Å². The summed E-state index contributed by atoms with van der Waals surface area (Å²) in [5.74, 6) is -0.277. The van der Waals surface area contributed by atoms with Crippen molar-refractivity contribution in [2.75, 3.05) is 13.1 Å². The van der Waals surface area contributed by atoms with Gasteiger partial charge in [0.25, 0.3) is 5.91 Å². The Bertz CT molecular complexity index is 944. The van der Waals surface area contributed by atoms with Crippen molar-refractivity contribution in [1.82, 2.24) is 10.2 Å². The van der Waals surface area contributed by atoms with E-state index in [-0.39, 0.29) is 17.7 Å². The first kappa shape index (κ1) is 20.8. The number of piperidine rings is 1. The largest absolute Gasteiger partial charge is 0.385 e. The quantitative estimate of drug-likeness (QED) is 0.655. The summed E-state index contributed by atoms with van der Waals surface area (Å²) in [4.78, 5) is 27.3. The second-order valence-corrected chi connectivity index (χ2v) is 8.98. The van der Waals surface area contributed by atoms with Gasteiger partial charge in [0.05, 0.1) is 5.60 Å². The highest BCUT2D eigenvalue weighted by atomic mass is 79.9. The SMILES string of the molecule is O=C(NC(=Cc1ccccc1)C(=O)N1CCC(O)(c2ccc(Br)cc2)CC1)C1CC1. The fraction of sp³-hybridized carbons (Fsp3) is 0.333. The van der Waals surface area contributed by atoms with E-state index in [4.69, 9.17) is 0 Å². The number of hydrogen-bond donors (Lipinski definition) is 2. The minimum atomic E-state index is -0.946. The second-order valence-electron chi connectivity index (χ2n) is 8.06. The highest BCUT2D eigenvalue weighted by Crippen LogP contribution is 2.34. The van der Waals surface area contributed by atoms with E-state index in [1.165, 1.54) is 0 Å². The molecule has 0 unspecified atom stereocenters. The van der Waals surface area contributed by atoms with E-state index in [2.05, 4.69) is 21.2 Å². The Kier molecular flexibility index (Phi) is 6.06. The summed E-state index contributed by atoms with van der Waals surface area (Å²) in [6.45, 7) is 0.855. The van der Waals surface area contributed by atoms with Crippen molar-refractivity contribution in [2.45, 2.75) is 31.3 Å². The third kappa shape index (κ3) is 4.82. The molecule has 2 N–H and O–H groups in total. The Hall–Kier alpha value is -2.44. The lowest BCUT2D eigenvalue weighted by atomic mass is 9.84. The van der Waals surface area contributed by atoms with Crippen LogP contribution >= 0.6 is 15.9 Å². The van der Waals surface area contributed by atoms with Gasteiger partial charge >= 0.3 is 0 Å². The van der Waals surface area contributed by atoms with Crippen LogP contribution in [0.15, 0.2) is 64.8 Å². The van der Waals surface area contributed by atoms with E-state index >= 15 is 0 Å². The van der Waals surface area contributed by atoms with E-state index in [0.717, 1.165) is 28.4 Å². The Balaban J connectivity index is 1.48. The molecular weight excluding hydrogens is 444 g/mol. The van der Waals surface area contributed by atoms with Crippen molar-refractivity contribution in [3.63, 3.8) is 0 Å². The molecule has 0 spiro atoms. The fourth-order valence-electron chi connectivity index (χ4n) is 3.75. The van der Waals surface area contributed by atoms with E-state index in [1.807, 2.05) is 54.6 Å². The lowest BCUT2D eigenvalue weighted by Crippen LogP contribution is -2.47. The minimum Gasteiger partial charge on any atom is -0.385 e. The average molecular weight is 469 g/mol. The van der Waals surface area contributed by atoms with Crippen LogP contribution in [0, 0.1) is 5.92 Å². The van der Waals surface area contributed by atoms with Crippen molar-refractivity contribution in [1.29, 1.82) is 0 Å². The molecule has 156 valence electrons. The van der Waals surface area contributed by atoms with Crippen LogP contribution in [-0.4, -0.2) is 34.9 Å². The highest BCUT2D eigenvalue weighted by Gasteiger charge is 2.37. The number of nitrogens with one attached hydrogen (secondary N) is 1. The number of benzene rings is 2. The topological polar surface area (TPSA) is 69.6 Å². The molecule has 2 aromatic carbocycles. The van der Waals surface area contributed by atoms with E-state index in [0.29, 0.717) is 31.6 Å². The van der Waals surface area contributed by atoms with Crippen molar-refractivity contribution < 1.29 is 14.7 Å². The van der Waals surface area contributed by atoms with Crippen LogP contribution in [0.1, 0.15) is 36.8 Å². The van der Waals surface area contributed by atoms with E-state index < -0.39 is 5.60 Å². The number of aliphatic hydroxyl groups is 1. The molecule has 0 radical (unpaired) electrons. The Morgan fingerprint density at radius 2 is 1.67 bits per heavy atom. The molecule has 30 heavy (non-hydrogen) atoms. The third-order valence-electron chi connectivity index (χ3n) is 5.81. The van der Waals surface area contributed by atoms with Crippen LogP contribution in [0.25, 0.3) is 6.08 Å². The molecule has 1 saturated carbocycles. The normalized spacial score (nSPS) is 18.7. The van der Waals surface area contributed by atoms with Gasteiger partial charge in [-0.15, -0.1) is 0 Å². The average Bonchev–Trinajstić information content (AvgIpc) is 3.60. The summed E-state index contributed by atoms with van der Waals surface area (Å²) in [6.07, 6.45) is 4.40. The Morgan fingerprint density at radius 1 is 1.03 bits per heavy atom. The number of amides is 2. The Morgan fingerprint density at radius 3 is 2.27 bits per heavy atom. The number of hydrogen-bond acceptors (Lipinski definition) is 3. The molecule has 0 bridgehead atoms. The second kappa shape index (κ2) is 8.74. The molecule has 1 aliphatic carbocycles. The summed E-state index contributed by atoms with van der Waals surface area (Å²) in [5, 5.41) is 13.9. The van der Waals surface area contributed by atoms with Gasteiger partial charge in [-0.05, 0) is 55.0 Å². The molecule has 2 aromatic rings. The zero-order valence-corrected chi connectivity index (χ0v) is 18.3. The molecule has 1 saturated heterocycles. The molecule has 2 fully saturated rings. The molecule has 4 rings (SSSR count). The summed E-state index contributed by atoms with van der Waals surface area (Å²) in [6, 6.07) is 17.2. The number of likely N-dealkylation sites (tertiary alicyclic amines) is 1. The lowest BCUT2D eigenvalue weighted by Gasteiger charge is -2.38. The molecule has 2 aliphatic rings. The molecule has 0 aromatic heterocycles. The van der Waals surface area contributed by atoms with Gasteiger partial charge in [-0.25, -0.2) is 0 Å². The van der Waals surface area contributed by atoms with Crippen molar-refractivity contribution in [2.24, 2.45) is 5.92 Å². The number of halogens is 1. The van der Waals surface area contributed by atoms with Gasteiger partial charge < -0.3 is 15.3 Å². The Labute approximate surface area is 184 Å². The maximum absolute atomic E-state index is 13.2. The van der Waals surface area contributed by atoms with Gasteiger partial charge in [0.1, 0.15) is 5.70 Å². The van der Waals surface area contributed by atoms with Gasteiger partial charge in [-0.2, -0.15) is 0 Å². The molecule has 1 aliphatic heterocycles. The molecule has 2 amide bonds.